The van der Waals surface area contributed by atoms with Gasteiger partial charge < -0.3 is 24.6 Å². The average Bonchev–Trinajstić information content (AvgIpc) is 3.56. The number of nitrogens with one attached hydrogen (secondary N) is 1. The number of ether oxygens (including phenoxy) is 2. The highest BCUT2D eigenvalue weighted by Crippen LogP contribution is 2.32. The van der Waals surface area contributed by atoms with Crippen LogP contribution in [-0.2, 0) is 11.3 Å². The average molecular weight is 431 g/mol. The Kier molecular flexibility index (Phi) is 7.68. The lowest BCUT2D eigenvalue weighted by atomic mass is 10.0. The summed E-state index contributed by atoms with van der Waals surface area (Å²) in [7, 11) is 3.50. The van der Waals surface area contributed by atoms with Gasteiger partial charge in [0.05, 0.1) is 7.11 Å². The number of hydrogen-bond donors (Lipinski definition) is 1. The van der Waals surface area contributed by atoms with Crippen molar-refractivity contribution in [1.82, 2.24) is 15.1 Å². The second-order valence-electron chi connectivity index (χ2n) is 9.54. The molecule has 0 spiro atoms. The van der Waals surface area contributed by atoms with Gasteiger partial charge in [-0.1, -0.05) is 12.1 Å². The van der Waals surface area contributed by atoms with E-state index in [-0.39, 0.29) is 12.1 Å². The van der Waals surface area contributed by atoms with Crippen molar-refractivity contribution in [2.24, 2.45) is 10.9 Å². The molecule has 0 aromatic heterocycles. The van der Waals surface area contributed by atoms with E-state index in [1.807, 2.05) is 44.9 Å². The van der Waals surface area contributed by atoms with Crippen LogP contribution in [0.3, 0.4) is 0 Å². The van der Waals surface area contributed by atoms with Crippen LogP contribution in [0.5, 0.6) is 5.75 Å². The zero-order valence-electron chi connectivity index (χ0n) is 19.7. The molecule has 7 nitrogen and oxygen atoms in total. The molecular weight excluding hydrogens is 392 g/mol. The molecule has 31 heavy (non-hydrogen) atoms. The summed E-state index contributed by atoms with van der Waals surface area (Å²) in [4.78, 5) is 21.6. The molecule has 1 amide bonds. The summed E-state index contributed by atoms with van der Waals surface area (Å²) in [5, 5.41) is 3.46. The molecule has 1 aromatic rings. The van der Waals surface area contributed by atoms with Crippen molar-refractivity contribution in [3.63, 3.8) is 0 Å². The lowest BCUT2D eigenvalue weighted by Gasteiger charge is -2.40. The molecular formula is C24H38N4O3. The first-order chi connectivity index (χ1) is 14.8. The first-order valence-corrected chi connectivity index (χ1v) is 11.4. The van der Waals surface area contributed by atoms with E-state index in [0.29, 0.717) is 12.5 Å². The molecule has 7 heteroatoms. The molecule has 1 N–H and O–H groups in total. The minimum atomic E-state index is -0.465. The fourth-order valence-corrected chi connectivity index (χ4v) is 3.92. The van der Waals surface area contributed by atoms with Gasteiger partial charge in [-0.2, -0.15) is 0 Å². The van der Waals surface area contributed by atoms with E-state index in [4.69, 9.17) is 9.47 Å². The molecule has 1 aliphatic heterocycles. The third-order valence-electron chi connectivity index (χ3n) is 5.81. The Balaban J connectivity index is 1.53. The number of likely N-dealkylation sites (tertiary alicyclic amines) is 1. The number of carbonyl (C=O) groups excluding carboxylic acids is 1. The van der Waals surface area contributed by atoms with Gasteiger partial charge in [0, 0.05) is 39.3 Å². The normalized spacial score (nSPS) is 18.0. The van der Waals surface area contributed by atoms with Gasteiger partial charge in [0.25, 0.3) is 0 Å². The Labute approximate surface area is 186 Å². The minimum absolute atomic E-state index is 0.167. The monoisotopic (exact) mass is 430 g/mol. The van der Waals surface area contributed by atoms with Gasteiger partial charge in [0.2, 0.25) is 0 Å². The lowest BCUT2D eigenvalue weighted by Crippen LogP contribution is -2.52. The first-order valence-electron chi connectivity index (χ1n) is 11.4. The van der Waals surface area contributed by atoms with Crippen molar-refractivity contribution in [3.8, 4) is 5.75 Å². The summed E-state index contributed by atoms with van der Waals surface area (Å²) >= 11 is 0. The summed E-state index contributed by atoms with van der Waals surface area (Å²) in [6.07, 6.45) is 4.13. The fraction of sp³-hybridized carbons (Fsp3) is 0.667. The smallest absolute Gasteiger partial charge is 0.410 e. The van der Waals surface area contributed by atoms with Crippen LogP contribution in [0, 0.1) is 5.92 Å². The molecule has 172 valence electrons. The summed E-state index contributed by atoms with van der Waals surface area (Å²) in [5.41, 5.74) is 0.713. The molecule has 0 atom stereocenters. The number of nitrogens with zero attached hydrogens (tertiary/aromatic N) is 3. The number of aliphatic imine (C=N–C) groups is 1. The van der Waals surface area contributed by atoms with Gasteiger partial charge in [0.15, 0.2) is 5.96 Å². The Bertz CT molecular complexity index is 745. The predicted molar refractivity (Wildman–Crippen MR) is 123 cm³/mol. The molecule has 2 fully saturated rings. The van der Waals surface area contributed by atoms with Gasteiger partial charge in [-0.3, -0.25) is 4.99 Å². The minimum Gasteiger partial charge on any atom is -0.497 e. The Morgan fingerprint density at radius 1 is 1.16 bits per heavy atom. The Morgan fingerprint density at radius 3 is 2.32 bits per heavy atom. The van der Waals surface area contributed by atoms with E-state index in [0.717, 1.165) is 44.2 Å². The van der Waals surface area contributed by atoms with Crippen LogP contribution in [0.25, 0.3) is 0 Å². The van der Waals surface area contributed by atoms with Crippen molar-refractivity contribution in [3.05, 3.63) is 29.8 Å². The number of methoxy groups -OCH3 is 1. The zero-order chi connectivity index (χ0) is 22.4. The fourth-order valence-electron chi connectivity index (χ4n) is 3.92. The van der Waals surface area contributed by atoms with Gasteiger partial charge in [-0.05, 0) is 70.1 Å². The number of guanidine groups is 1. The molecule has 0 radical (unpaired) electrons. The third-order valence-corrected chi connectivity index (χ3v) is 5.81. The highest BCUT2D eigenvalue weighted by atomic mass is 16.6. The van der Waals surface area contributed by atoms with Crippen LogP contribution in [0.1, 0.15) is 52.0 Å². The maximum atomic E-state index is 12.8. The standard InChI is InChI=1S/C24H38N4O3/c1-24(2,3)31-23(29)28(17-19-6-7-19)20-12-14-27(15-13-20)22(25-4)26-16-18-8-10-21(30-5)11-9-18/h8-11,19-20H,6-7,12-17H2,1-5H3,(H,25,26). The molecule has 1 aliphatic carbocycles. The second-order valence-corrected chi connectivity index (χ2v) is 9.54. The van der Waals surface area contributed by atoms with Crippen molar-refractivity contribution in [1.29, 1.82) is 0 Å². The largest absolute Gasteiger partial charge is 0.497 e. The van der Waals surface area contributed by atoms with E-state index in [1.165, 1.54) is 18.4 Å². The van der Waals surface area contributed by atoms with Crippen LogP contribution < -0.4 is 10.1 Å². The van der Waals surface area contributed by atoms with Crippen LogP contribution in [0.15, 0.2) is 29.3 Å². The van der Waals surface area contributed by atoms with E-state index in [2.05, 4.69) is 27.3 Å². The van der Waals surface area contributed by atoms with E-state index in [1.54, 1.807) is 7.11 Å². The Morgan fingerprint density at radius 2 is 1.81 bits per heavy atom. The molecule has 1 heterocycles. The lowest BCUT2D eigenvalue weighted by molar-refractivity contribution is 0.00928. The Hall–Kier alpha value is -2.44. The van der Waals surface area contributed by atoms with E-state index >= 15 is 0 Å². The number of piperidine rings is 1. The van der Waals surface area contributed by atoms with Crippen LogP contribution >= 0.6 is 0 Å². The maximum absolute atomic E-state index is 12.8. The first kappa shape index (κ1) is 23.2. The SMILES string of the molecule is CN=C(NCc1ccc(OC)cc1)N1CCC(N(CC2CC2)C(=O)OC(C)(C)C)CC1. The van der Waals surface area contributed by atoms with Gasteiger partial charge >= 0.3 is 6.09 Å². The third kappa shape index (κ3) is 7.04. The highest BCUT2D eigenvalue weighted by Gasteiger charge is 2.35. The quantitative estimate of drug-likeness (QED) is 0.548. The molecule has 2 aliphatic rings. The van der Waals surface area contributed by atoms with E-state index < -0.39 is 5.60 Å². The molecule has 0 unspecified atom stereocenters. The molecule has 1 saturated carbocycles. The number of rotatable bonds is 6. The van der Waals surface area contributed by atoms with Crippen molar-refractivity contribution < 1.29 is 14.3 Å². The topological polar surface area (TPSA) is 66.4 Å². The van der Waals surface area contributed by atoms with E-state index in [9.17, 15) is 4.79 Å². The summed E-state index contributed by atoms with van der Waals surface area (Å²) in [6.45, 7) is 9.07. The van der Waals surface area contributed by atoms with Gasteiger partial charge in [-0.25, -0.2) is 4.79 Å². The predicted octanol–water partition coefficient (Wildman–Crippen LogP) is 3.88. The number of amides is 1. The van der Waals surface area contributed by atoms with Crippen LogP contribution in [0.4, 0.5) is 4.79 Å². The summed E-state index contributed by atoms with van der Waals surface area (Å²) in [5.74, 6) is 2.40. The van der Waals surface area contributed by atoms with Crippen LogP contribution in [0.2, 0.25) is 0 Å². The second kappa shape index (κ2) is 10.2. The number of carbonyl (C=O) groups is 1. The van der Waals surface area contributed by atoms with Crippen molar-refractivity contribution >= 4 is 12.1 Å². The molecule has 0 bridgehead atoms. The molecule has 1 saturated heterocycles. The molecule has 1 aromatic carbocycles. The zero-order valence-corrected chi connectivity index (χ0v) is 19.7. The molecule has 3 rings (SSSR count). The van der Waals surface area contributed by atoms with Crippen molar-refractivity contribution in [2.45, 2.75) is 64.6 Å². The summed E-state index contributed by atoms with van der Waals surface area (Å²) < 4.78 is 10.9. The number of benzene rings is 1. The maximum Gasteiger partial charge on any atom is 0.410 e. The van der Waals surface area contributed by atoms with Gasteiger partial charge in [-0.15, -0.1) is 0 Å². The summed E-state index contributed by atoms with van der Waals surface area (Å²) in [6, 6.07) is 8.28. The van der Waals surface area contributed by atoms with Crippen LogP contribution in [-0.4, -0.2) is 67.3 Å². The van der Waals surface area contributed by atoms with Gasteiger partial charge in [0.1, 0.15) is 11.4 Å². The van der Waals surface area contributed by atoms with Crippen molar-refractivity contribution in [2.75, 3.05) is 33.8 Å². The number of hydrogen-bond acceptors (Lipinski definition) is 4. The highest BCUT2D eigenvalue weighted by molar-refractivity contribution is 5.80.